The first-order valence-electron chi connectivity index (χ1n) is 31.3. The molecule has 0 aliphatic heterocycles. The summed E-state index contributed by atoms with van der Waals surface area (Å²) in [6.07, 6.45) is 74.7. The highest BCUT2D eigenvalue weighted by Gasteiger charge is 2.18. The van der Waals surface area contributed by atoms with Gasteiger partial charge in [0.1, 0.15) is 0 Å². The Labute approximate surface area is 436 Å². The van der Waals surface area contributed by atoms with Gasteiger partial charge >= 0.3 is 5.97 Å². The third-order valence-electron chi connectivity index (χ3n) is 14.4. The molecule has 0 heterocycles. The zero-order valence-corrected chi connectivity index (χ0v) is 47.0. The van der Waals surface area contributed by atoms with Crippen LogP contribution in [0.15, 0.2) is 36.5 Å². The highest BCUT2D eigenvalue weighted by atomic mass is 16.5. The van der Waals surface area contributed by atoms with Gasteiger partial charge in [-0.15, -0.1) is 0 Å². The molecular weight excluding hydrogens is 863 g/mol. The van der Waals surface area contributed by atoms with Crippen LogP contribution >= 0.6 is 0 Å². The number of rotatable bonds is 58. The van der Waals surface area contributed by atoms with Crippen LogP contribution in [-0.2, 0) is 14.3 Å². The first-order chi connectivity index (χ1) is 34.5. The van der Waals surface area contributed by atoms with Crippen molar-refractivity contribution in [3.63, 3.8) is 0 Å². The Kier molecular flexibility index (Phi) is 58.0. The van der Waals surface area contributed by atoms with E-state index in [0.29, 0.717) is 19.4 Å². The fourth-order valence-corrected chi connectivity index (χ4v) is 9.57. The van der Waals surface area contributed by atoms with Gasteiger partial charge in [0.15, 0.2) is 0 Å². The van der Waals surface area contributed by atoms with Crippen molar-refractivity contribution in [2.75, 3.05) is 13.2 Å². The minimum atomic E-state index is -0.863. The molecule has 0 fully saturated rings. The van der Waals surface area contributed by atoms with E-state index in [-0.39, 0.29) is 18.5 Å². The Balaban J connectivity index is 3.51. The van der Waals surface area contributed by atoms with Crippen molar-refractivity contribution in [1.29, 1.82) is 0 Å². The Bertz CT molecular complexity index is 1130. The quantitative estimate of drug-likeness (QED) is 0.0321. The predicted molar refractivity (Wildman–Crippen MR) is 306 cm³/mol. The second kappa shape index (κ2) is 59.6. The van der Waals surface area contributed by atoms with E-state index in [0.717, 1.165) is 70.6 Å². The van der Waals surface area contributed by atoms with E-state index in [1.54, 1.807) is 6.08 Å². The molecular formula is C64H121NO5. The van der Waals surface area contributed by atoms with E-state index in [4.69, 9.17) is 4.74 Å². The third kappa shape index (κ3) is 55.4. The predicted octanol–water partition coefficient (Wildman–Crippen LogP) is 19.6. The van der Waals surface area contributed by atoms with Gasteiger partial charge in [0.25, 0.3) is 0 Å². The number of hydrogen-bond acceptors (Lipinski definition) is 5. The summed E-state index contributed by atoms with van der Waals surface area (Å²) in [5.41, 5.74) is 0. The van der Waals surface area contributed by atoms with Crippen molar-refractivity contribution in [3.05, 3.63) is 36.5 Å². The molecule has 3 N–H and O–H groups in total. The lowest BCUT2D eigenvalue weighted by Gasteiger charge is -2.19. The Morgan fingerprint density at radius 3 is 1.03 bits per heavy atom. The smallest absolute Gasteiger partial charge is 0.305 e. The average molecular weight is 985 g/mol. The Morgan fingerprint density at radius 2 is 0.671 bits per heavy atom. The van der Waals surface area contributed by atoms with Crippen LogP contribution in [-0.4, -0.2) is 47.4 Å². The molecule has 0 aromatic carbocycles. The van der Waals surface area contributed by atoms with Crippen LogP contribution < -0.4 is 5.32 Å². The number of esters is 1. The van der Waals surface area contributed by atoms with Crippen molar-refractivity contribution in [1.82, 2.24) is 5.32 Å². The molecule has 2 unspecified atom stereocenters. The maximum absolute atomic E-state index is 12.5. The van der Waals surface area contributed by atoms with E-state index in [1.807, 2.05) is 6.08 Å². The second-order valence-electron chi connectivity index (χ2n) is 21.4. The summed E-state index contributed by atoms with van der Waals surface area (Å²) in [4.78, 5) is 24.6. The molecule has 0 saturated carbocycles. The number of ether oxygens (including phenoxy) is 1. The SMILES string of the molecule is CCCCCCCCC/C=C\CCCCCCCCCC(=O)OCCCCCCCC/C=C\CCCCCC(=O)NC(CO)C(O)/C=C/CCCCCCCCCCCCCCCCCCCCCC. The molecule has 0 radical (unpaired) electrons. The second-order valence-corrected chi connectivity index (χ2v) is 21.4. The van der Waals surface area contributed by atoms with Gasteiger partial charge in [0.05, 0.1) is 25.4 Å². The van der Waals surface area contributed by atoms with Crippen molar-refractivity contribution in [2.45, 2.75) is 347 Å². The van der Waals surface area contributed by atoms with E-state index in [1.165, 1.54) is 238 Å². The van der Waals surface area contributed by atoms with E-state index in [9.17, 15) is 19.8 Å². The van der Waals surface area contributed by atoms with Gasteiger partial charge in [-0.05, 0) is 83.5 Å². The van der Waals surface area contributed by atoms with Crippen LogP contribution in [0.5, 0.6) is 0 Å². The minimum Gasteiger partial charge on any atom is -0.466 e. The number of unbranched alkanes of at least 4 members (excludes halogenated alkanes) is 43. The van der Waals surface area contributed by atoms with Gasteiger partial charge in [0.2, 0.25) is 5.91 Å². The monoisotopic (exact) mass is 984 g/mol. The summed E-state index contributed by atoms with van der Waals surface area (Å²) in [7, 11) is 0. The van der Waals surface area contributed by atoms with Gasteiger partial charge in [-0.2, -0.15) is 0 Å². The molecule has 1 amide bonds. The third-order valence-corrected chi connectivity index (χ3v) is 14.4. The lowest BCUT2D eigenvalue weighted by Crippen LogP contribution is -2.45. The Hall–Kier alpha value is -1.92. The number of aliphatic hydroxyl groups excluding tert-OH is 2. The van der Waals surface area contributed by atoms with Gasteiger partial charge in [-0.1, -0.05) is 275 Å². The molecule has 6 nitrogen and oxygen atoms in total. The van der Waals surface area contributed by atoms with E-state index < -0.39 is 12.1 Å². The number of nitrogens with one attached hydrogen (secondary N) is 1. The molecule has 0 rings (SSSR count). The van der Waals surface area contributed by atoms with Crippen molar-refractivity contribution >= 4 is 11.9 Å². The molecule has 70 heavy (non-hydrogen) atoms. The molecule has 0 spiro atoms. The number of carbonyl (C=O) groups excluding carboxylic acids is 2. The largest absolute Gasteiger partial charge is 0.466 e. The van der Waals surface area contributed by atoms with Crippen LogP contribution in [0.1, 0.15) is 335 Å². The van der Waals surface area contributed by atoms with Gasteiger partial charge in [0, 0.05) is 12.8 Å². The van der Waals surface area contributed by atoms with Crippen molar-refractivity contribution < 1.29 is 24.5 Å². The summed E-state index contributed by atoms with van der Waals surface area (Å²) >= 11 is 0. The highest BCUT2D eigenvalue weighted by Crippen LogP contribution is 2.17. The zero-order chi connectivity index (χ0) is 50.7. The minimum absolute atomic E-state index is 0.0165. The topological polar surface area (TPSA) is 95.9 Å². The molecule has 0 saturated heterocycles. The molecule has 0 aliphatic carbocycles. The standard InChI is InChI=1S/C64H121NO5/c1-3-5-7-9-11-13-15-17-19-21-23-24-25-26-27-29-32-36-40-44-48-52-56-62(67)61(60-66)65-63(68)57-53-49-45-41-37-33-31-35-39-43-47-51-55-59-70-64(69)58-54-50-46-42-38-34-30-28-22-20-18-16-14-12-10-8-6-4-2/h20,22,33,37,52,56,61-62,66-67H,3-19,21,23-32,34-36,38-51,53-55,57-60H2,1-2H3,(H,65,68)/b22-20-,37-33-,56-52+. The number of carbonyl (C=O) groups is 2. The molecule has 0 aromatic rings. The number of amides is 1. The number of hydrogen-bond donors (Lipinski definition) is 3. The van der Waals surface area contributed by atoms with Gasteiger partial charge in [-0.3, -0.25) is 9.59 Å². The van der Waals surface area contributed by atoms with Gasteiger partial charge < -0.3 is 20.3 Å². The lowest BCUT2D eigenvalue weighted by molar-refractivity contribution is -0.143. The van der Waals surface area contributed by atoms with E-state index in [2.05, 4.69) is 43.5 Å². The maximum atomic E-state index is 12.5. The fraction of sp³-hybridized carbons (Fsp3) is 0.875. The molecule has 0 aliphatic rings. The fourth-order valence-electron chi connectivity index (χ4n) is 9.57. The van der Waals surface area contributed by atoms with Crippen LogP contribution in [0.2, 0.25) is 0 Å². The molecule has 0 aromatic heterocycles. The summed E-state index contributed by atoms with van der Waals surface area (Å²) < 4.78 is 5.48. The molecule has 412 valence electrons. The number of aliphatic hydroxyl groups is 2. The van der Waals surface area contributed by atoms with Crippen LogP contribution in [0, 0.1) is 0 Å². The van der Waals surface area contributed by atoms with Crippen LogP contribution in [0.4, 0.5) is 0 Å². The Morgan fingerprint density at radius 1 is 0.386 bits per heavy atom. The summed E-state index contributed by atoms with van der Waals surface area (Å²) in [5.74, 6) is -0.112. The normalized spacial score (nSPS) is 12.8. The number of allylic oxidation sites excluding steroid dienone is 5. The lowest BCUT2D eigenvalue weighted by atomic mass is 10.0. The summed E-state index contributed by atoms with van der Waals surface area (Å²) in [5, 5.41) is 23.2. The maximum Gasteiger partial charge on any atom is 0.305 e. The molecule has 6 heteroatoms. The first kappa shape index (κ1) is 68.1. The summed E-state index contributed by atoms with van der Waals surface area (Å²) in [6, 6.07) is -0.650. The van der Waals surface area contributed by atoms with Crippen molar-refractivity contribution in [2.24, 2.45) is 0 Å². The summed E-state index contributed by atoms with van der Waals surface area (Å²) in [6.45, 7) is 4.88. The highest BCUT2D eigenvalue weighted by molar-refractivity contribution is 5.76. The molecule has 2 atom stereocenters. The first-order valence-corrected chi connectivity index (χ1v) is 31.3. The van der Waals surface area contributed by atoms with Crippen LogP contribution in [0.3, 0.4) is 0 Å². The van der Waals surface area contributed by atoms with Crippen LogP contribution in [0.25, 0.3) is 0 Å². The van der Waals surface area contributed by atoms with E-state index >= 15 is 0 Å². The molecule has 0 bridgehead atoms. The van der Waals surface area contributed by atoms with Crippen molar-refractivity contribution in [3.8, 4) is 0 Å². The average Bonchev–Trinajstić information content (AvgIpc) is 3.36. The zero-order valence-electron chi connectivity index (χ0n) is 47.0. The van der Waals surface area contributed by atoms with Gasteiger partial charge in [-0.25, -0.2) is 0 Å².